The van der Waals surface area contributed by atoms with Gasteiger partial charge in [-0.3, -0.25) is 0 Å². The highest BCUT2D eigenvalue weighted by Crippen LogP contribution is 2.09. The van der Waals surface area contributed by atoms with Crippen molar-refractivity contribution in [1.29, 1.82) is 0 Å². The van der Waals surface area contributed by atoms with E-state index in [0.717, 1.165) is 6.04 Å². The Labute approximate surface area is 70.0 Å². The number of nitrogens with one attached hydrogen (secondary N) is 1. The molecule has 11 heavy (non-hydrogen) atoms. The van der Waals surface area contributed by atoms with Crippen LogP contribution < -0.4 is 5.32 Å². The number of rotatable bonds is 2. The fourth-order valence-electron chi connectivity index (χ4n) is 1.76. The average Bonchev–Trinajstić information content (AvgIpc) is 2.28. The lowest BCUT2D eigenvalue weighted by Crippen LogP contribution is -2.28. The smallest absolute Gasteiger partial charge is 0.00767 e. The van der Waals surface area contributed by atoms with E-state index < -0.39 is 0 Å². The van der Waals surface area contributed by atoms with Gasteiger partial charge in [-0.25, -0.2) is 0 Å². The quantitative estimate of drug-likeness (QED) is 0.643. The second kappa shape index (κ2) is 4.73. The molecule has 1 atom stereocenters. The first-order valence-corrected chi connectivity index (χ1v) is 4.76. The third-order valence-electron chi connectivity index (χ3n) is 2.68. The third-order valence-corrected chi connectivity index (χ3v) is 2.68. The Kier molecular flexibility index (Phi) is 3.87. The summed E-state index contributed by atoms with van der Waals surface area (Å²) in [6.07, 6.45) is 4.04. The van der Waals surface area contributed by atoms with E-state index >= 15 is 0 Å². The molecule has 2 nitrogen and oxygen atoms in total. The summed E-state index contributed by atoms with van der Waals surface area (Å²) in [4.78, 5) is 2.54. The van der Waals surface area contributed by atoms with E-state index in [4.69, 9.17) is 0 Å². The van der Waals surface area contributed by atoms with Crippen LogP contribution in [0.2, 0.25) is 0 Å². The zero-order valence-corrected chi connectivity index (χ0v) is 7.77. The van der Waals surface area contributed by atoms with Crippen molar-refractivity contribution in [1.82, 2.24) is 10.2 Å². The molecule has 1 unspecified atom stereocenters. The van der Waals surface area contributed by atoms with E-state index in [1.807, 2.05) is 0 Å². The Morgan fingerprint density at radius 3 is 2.82 bits per heavy atom. The Morgan fingerprint density at radius 2 is 2.18 bits per heavy atom. The summed E-state index contributed by atoms with van der Waals surface area (Å²) in [5.41, 5.74) is 0. The van der Waals surface area contributed by atoms with E-state index in [1.54, 1.807) is 0 Å². The number of hydrogen-bond donors (Lipinski definition) is 1. The summed E-state index contributed by atoms with van der Waals surface area (Å²) in [5, 5.41) is 3.36. The van der Waals surface area contributed by atoms with Crippen LogP contribution in [-0.4, -0.2) is 37.6 Å². The van der Waals surface area contributed by atoms with Crippen molar-refractivity contribution in [3.8, 4) is 0 Å². The van der Waals surface area contributed by atoms with Crippen molar-refractivity contribution in [2.75, 3.05) is 26.7 Å². The molecule has 0 bridgehead atoms. The molecule has 0 radical (unpaired) electrons. The van der Waals surface area contributed by atoms with Crippen LogP contribution in [0.1, 0.15) is 26.2 Å². The molecule has 1 aliphatic heterocycles. The Hall–Kier alpha value is -0.0800. The molecular weight excluding hydrogens is 136 g/mol. The van der Waals surface area contributed by atoms with Crippen molar-refractivity contribution in [3.05, 3.63) is 0 Å². The van der Waals surface area contributed by atoms with Crippen LogP contribution in [0, 0.1) is 0 Å². The van der Waals surface area contributed by atoms with Crippen LogP contribution in [0.25, 0.3) is 0 Å². The molecule has 1 saturated heterocycles. The first-order valence-electron chi connectivity index (χ1n) is 4.76. The van der Waals surface area contributed by atoms with Gasteiger partial charge in [-0.2, -0.15) is 0 Å². The molecular formula is C9H20N2. The fourth-order valence-corrected chi connectivity index (χ4v) is 1.76. The summed E-state index contributed by atoms with van der Waals surface area (Å²) < 4.78 is 0. The van der Waals surface area contributed by atoms with Gasteiger partial charge in [0.15, 0.2) is 0 Å². The predicted molar refractivity (Wildman–Crippen MR) is 48.8 cm³/mol. The number of likely N-dealkylation sites (tertiary alicyclic amines) is 1. The molecule has 0 saturated carbocycles. The van der Waals surface area contributed by atoms with Crippen molar-refractivity contribution in [3.63, 3.8) is 0 Å². The summed E-state index contributed by atoms with van der Waals surface area (Å²) in [5.74, 6) is 0. The van der Waals surface area contributed by atoms with Crippen molar-refractivity contribution in [2.24, 2.45) is 0 Å². The highest BCUT2D eigenvalue weighted by molar-refractivity contribution is 4.72. The van der Waals surface area contributed by atoms with Gasteiger partial charge >= 0.3 is 0 Å². The minimum Gasteiger partial charge on any atom is -0.317 e. The molecule has 1 heterocycles. The normalized spacial score (nSPS) is 28.4. The van der Waals surface area contributed by atoms with E-state index in [1.165, 1.54) is 38.9 Å². The average molecular weight is 156 g/mol. The lowest BCUT2D eigenvalue weighted by molar-refractivity contribution is 0.298. The molecule has 1 aliphatic rings. The molecule has 0 aromatic heterocycles. The summed E-state index contributed by atoms with van der Waals surface area (Å²) in [6, 6.07) is 0.770. The number of hydrogen-bond acceptors (Lipinski definition) is 2. The standard InChI is InChI=1S/C9H20N2/c1-3-11-7-4-5-9(10-2)6-8-11/h9-10H,3-8H2,1-2H3. The van der Waals surface area contributed by atoms with Crippen LogP contribution >= 0.6 is 0 Å². The maximum atomic E-state index is 3.36. The fraction of sp³-hybridized carbons (Fsp3) is 1.00. The molecule has 2 heteroatoms. The molecule has 0 amide bonds. The van der Waals surface area contributed by atoms with Crippen LogP contribution in [0.15, 0.2) is 0 Å². The van der Waals surface area contributed by atoms with Gasteiger partial charge in [0.05, 0.1) is 0 Å². The Morgan fingerprint density at radius 1 is 1.36 bits per heavy atom. The zero-order valence-electron chi connectivity index (χ0n) is 7.77. The van der Waals surface area contributed by atoms with Crippen molar-refractivity contribution < 1.29 is 0 Å². The van der Waals surface area contributed by atoms with Gasteiger partial charge in [-0.05, 0) is 45.9 Å². The third kappa shape index (κ3) is 2.80. The predicted octanol–water partition coefficient (Wildman–Crippen LogP) is 1.08. The van der Waals surface area contributed by atoms with Crippen molar-refractivity contribution in [2.45, 2.75) is 32.2 Å². The van der Waals surface area contributed by atoms with Crippen LogP contribution in [0.5, 0.6) is 0 Å². The molecule has 0 aromatic carbocycles. The minimum absolute atomic E-state index is 0.770. The first-order chi connectivity index (χ1) is 5.36. The van der Waals surface area contributed by atoms with Gasteiger partial charge in [-0.15, -0.1) is 0 Å². The largest absolute Gasteiger partial charge is 0.317 e. The van der Waals surface area contributed by atoms with Gasteiger partial charge in [0.1, 0.15) is 0 Å². The summed E-state index contributed by atoms with van der Waals surface area (Å²) in [6.45, 7) is 6.05. The second-order valence-corrected chi connectivity index (χ2v) is 3.35. The lowest BCUT2D eigenvalue weighted by atomic mass is 10.1. The second-order valence-electron chi connectivity index (χ2n) is 3.35. The molecule has 1 N–H and O–H groups in total. The topological polar surface area (TPSA) is 15.3 Å². The van der Waals surface area contributed by atoms with Crippen LogP contribution in [0.3, 0.4) is 0 Å². The van der Waals surface area contributed by atoms with Gasteiger partial charge in [-0.1, -0.05) is 6.92 Å². The summed E-state index contributed by atoms with van der Waals surface area (Å²) in [7, 11) is 2.08. The van der Waals surface area contributed by atoms with E-state index in [2.05, 4.69) is 24.2 Å². The SMILES string of the molecule is CCN1CCCC(NC)CC1. The molecule has 0 aromatic rings. The Balaban J connectivity index is 2.27. The van der Waals surface area contributed by atoms with Crippen LogP contribution in [0.4, 0.5) is 0 Å². The monoisotopic (exact) mass is 156 g/mol. The number of nitrogens with zero attached hydrogens (tertiary/aromatic N) is 1. The van der Waals surface area contributed by atoms with Crippen molar-refractivity contribution >= 4 is 0 Å². The minimum atomic E-state index is 0.770. The van der Waals surface area contributed by atoms with Gasteiger partial charge in [0, 0.05) is 6.04 Å². The molecule has 0 aliphatic carbocycles. The summed E-state index contributed by atoms with van der Waals surface area (Å²) >= 11 is 0. The highest BCUT2D eigenvalue weighted by Gasteiger charge is 2.13. The van der Waals surface area contributed by atoms with Gasteiger partial charge < -0.3 is 10.2 Å². The van der Waals surface area contributed by atoms with Gasteiger partial charge in [0.2, 0.25) is 0 Å². The van der Waals surface area contributed by atoms with Crippen LogP contribution in [-0.2, 0) is 0 Å². The Bertz CT molecular complexity index is 91.7. The highest BCUT2D eigenvalue weighted by atomic mass is 15.1. The van der Waals surface area contributed by atoms with Gasteiger partial charge in [0.25, 0.3) is 0 Å². The van der Waals surface area contributed by atoms with E-state index in [-0.39, 0.29) is 0 Å². The molecule has 1 fully saturated rings. The first kappa shape index (κ1) is 9.01. The molecule has 66 valence electrons. The lowest BCUT2D eigenvalue weighted by Gasteiger charge is -2.17. The zero-order chi connectivity index (χ0) is 8.10. The maximum absolute atomic E-state index is 3.36. The van der Waals surface area contributed by atoms with E-state index in [9.17, 15) is 0 Å². The molecule has 0 spiro atoms. The maximum Gasteiger partial charge on any atom is 0.00767 e. The molecule has 1 rings (SSSR count). The van der Waals surface area contributed by atoms with E-state index in [0.29, 0.717) is 0 Å².